The first kappa shape index (κ1) is 50.8. The number of fused-ring (bicyclic) bond motifs is 2. The largest absolute Gasteiger partial charge is 0.482 e. The van der Waals surface area contributed by atoms with Crippen LogP contribution in [0.25, 0.3) is 5.69 Å². The predicted octanol–water partition coefficient (Wildman–Crippen LogP) is 2.63. The highest BCUT2D eigenvalue weighted by Crippen LogP contribution is 2.36. The Hall–Kier alpha value is -8.15. The van der Waals surface area contributed by atoms with Gasteiger partial charge in [-0.2, -0.15) is 0 Å². The number of aromatic amines is 3. The van der Waals surface area contributed by atoms with Gasteiger partial charge in [-0.25, -0.2) is 53.1 Å². The molecule has 0 spiro atoms. The number of aromatic carboxylic acids is 1. The van der Waals surface area contributed by atoms with Gasteiger partial charge in [-0.3, -0.25) is 9.59 Å². The highest BCUT2D eigenvalue weighted by molar-refractivity contribution is 8.00. The summed E-state index contributed by atoms with van der Waals surface area (Å²) >= 11 is 1.44. The number of anilines is 1. The van der Waals surface area contributed by atoms with E-state index in [1.54, 1.807) is 51.3 Å². The number of benzene rings is 2. The molecule has 4 unspecified atom stereocenters. The van der Waals surface area contributed by atoms with Gasteiger partial charge >= 0.3 is 35.3 Å². The van der Waals surface area contributed by atoms with Crippen LogP contribution in [0.3, 0.4) is 0 Å². The number of ether oxygens (including phenoxy) is 3. The number of carbonyl (C=O) groups is 5. The summed E-state index contributed by atoms with van der Waals surface area (Å²) in [5, 5.41) is 29.2. The Kier molecular flexibility index (Phi) is 17.1. The lowest BCUT2D eigenvalue weighted by Gasteiger charge is -2.30. The lowest BCUT2D eigenvalue weighted by molar-refractivity contribution is -0.164. The van der Waals surface area contributed by atoms with Crippen molar-refractivity contribution in [2.75, 3.05) is 19.0 Å². The van der Waals surface area contributed by atoms with E-state index in [4.69, 9.17) is 19.3 Å². The number of carbonyl (C=O) groups excluding carboxylic acids is 3. The topological polar surface area (TPSA) is 324 Å². The molecule has 23 nitrogen and oxygen atoms in total. The van der Waals surface area contributed by atoms with E-state index in [0.717, 1.165) is 10.3 Å². The predicted molar refractivity (Wildman–Crippen MR) is 245 cm³/mol. The maximum Gasteiger partial charge on any atom is 0.353 e. The molecule has 8 N–H and O–H groups in total. The Morgan fingerprint density at radius 3 is 2.28 bits per heavy atom. The number of rotatable bonds is 12. The quantitative estimate of drug-likeness (QED) is 0.0658. The molecule has 0 radical (unpaired) electrons. The number of aryl methyl sites for hydroxylation is 1. The summed E-state index contributed by atoms with van der Waals surface area (Å²) in [5.74, 6) is -3.11. The number of nitrogens with one attached hydrogen (secondary N) is 6. The van der Waals surface area contributed by atoms with Crippen LogP contribution in [0.15, 0.2) is 110 Å². The van der Waals surface area contributed by atoms with E-state index in [9.17, 15) is 43.5 Å². The van der Waals surface area contributed by atoms with Gasteiger partial charge in [-0.15, -0.1) is 0 Å². The fourth-order valence-corrected chi connectivity index (χ4v) is 7.88. The van der Waals surface area contributed by atoms with Crippen LogP contribution < -0.4 is 32.9 Å². The maximum atomic E-state index is 12.8. The van der Waals surface area contributed by atoms with E-state index in [1.807, 2.05) is 32.9 Å². The Labute approximate surface area is 391 Å². The van der Waals surface area contributed by atoms with Crippen molar-refractivity contribution >= 4 is 47.4 Å². The molecule has 24 heteroatoms. The van der Waals surface area contributed by atoms with Crippen LogP contribution in [0.1, 0.15) is 73.3 Å². The number of dihydropyridines is 1. The van der Waals surface area contributed by atoms with Crippen LogP contribution in [0.5, 0.6) is 0 Å². The normalized spacial score (nSPS) is 17.8. The second-order valence-corrected chi connectivity index (χ2v) is 15.5. The molecular formula is C44H50N10O13S. The molecule has 3 aromatic heterocycles. The Morgan fingerprint density at radius 1 is 1.00 bits per heavy atom. The van der Waals surface area contributed by atoms with Crippen molar-refractivity contribution in [1.82, 2.24) is 44.9 Å². The number of aliphatic carboxylic acids is 1. The molecular weight excluding hydrogens is 909 g/mol. The SMILES string of the molecule is CC.CCOC(=O)C1(n2[nH]c(=O)n(-c3ccccc3)c2=O)CC(C)OC1=O.CCc1nc2c(c(=O)[nH]1)SC1NC(OC)=CC=C1N2.O=C(O)c1ccccc1C(=O)NC(Cc1cnc[nH]1)C(=O)O. The molecule has 4 atom stereocenters. The number of imidazole rings is 1. The molecule has 2 aromatic carbocycles. The molecule has 68 heavy (non-hydrogen) atoms. The van der Waals surface area contributed by atoms with Crippen molar-refractivity contribution in [3.05, 3.63) is 145 Å². The number of esters is 2. The van der Waals surface area contributed by atoms with Crippen molar-refractivity contribution in [3.8, 4) is 5.69 Å². The summed E-state index contributed by atoms with van der Waals surface area (Å²) < 4.78 is 16.8. The van der Waals surface area contributed by atoms with Crippen LogP contribution in [0, 0.1) is 0 Å². The maximum absolute atomic E-state index is 12.8. The molecule has 360 valence electrons. The third kappa shape index (κ3) is 11.3. The second kappa shape index (κ2) is 22.8. The van der Waals surface area contributed by atoms with Gasteiger partial charge in [-0.05, 0) is 50.3 Å². The first-order chi connectivity index (χ1) is 32.6. The van der Waals surface area contributed by atoms with Gasteiger partial charge in [0, 0.05) is 31.2 Å². The average molecular weight is 959 g/mol. The second-order valence-electron chi connectivity index (χ2n) is 14.4. The number of carboxylic acids is 2. The van der Waals surface area contributed by atoms with Gasteiger partial charge in [0.1, 0.15) is 28.2 Å². The minimum absolute atomic E-state index is 0.0102. The number of allylic oxidation sites excluding steroid dienone is 2. The number of hydrogen-bond acceptors (Lipinski definition) is 16. The lowest BCUT2D eigenvalue weighted by atomic mass is 9.96. The summed E-state index contributed by atoms with van der Waals surface area (Å²) in [7, 11) is 1.61. The van der Waals surface area contributed by atoms with Gasteiger partial charge in [0.2, 0.25) is 0 Å². The molecule has 0 saturated carbocycles. The number of aromatic nitrogens is 7. The van der Waals surface area contributed by atoms with Gasteiger partial charge < -0.3 is 50.3 Å². The summed E-state index contributed by atoms with van der Waals surface area (Å²) in [6.45, 7) is 9.14. The molecule has 3 aliphatic heterocycles. The van der Waals surface area contributed by atoms with E-state index in [-0.39, 0.29) is 41.5 Å². The average Bonchev–Trinajstić information content (AvgIpc) is 4.05. The van der Waals surface area contributed by atoms with E-state index in [2.05, 4.69) is 41.0 Å². The molecule has 0 bridgehead atoms. The van der Waals surface area contributed by atoms with Crippen LogP contribution in [-0.4, -0.2) is 106 Å². The molecule has 3 aliphatic rings. The fraction of sp³-hybridized carbons (Fsp3) is 0.318. The first-order valence-corrected chi connectivity index (χ1v) is 22.0. The number of hydrogen-bond donors (Lipinski definition) is 8. The van der Waals surface area contributed by atoms with Crippen molar-refractivity contribution in [2.24, 2.45) is 0 Å². The minimum atomic E-state index is -2.04. The number of amides is 1. The standard InChI is InChI=1S/C16H17N3O6.C14H13N3O5.C12H14N4O2S.C2H6/c1-3-24-12(20)16(9-10(2)25-13(16)21)19-15(23)18(14(22)17-19)11-7-5-4-6-8-11;18-12(9-3-1-2-4-10(9)13(19)20)17-11(14(21)22)5-8-6-15-7-16-8;1-3-7-14-10-9(11(17)15-7)19-12-6(13-10)4-5-8(16-12)18-2;1-2/h4-8,10H,3,9H2,1-2H3,(H,17,22);1-4,6-7,11H,5H2,(H,15,16)(H,17,18)(H,19,20)(H,21,22);4-5,12,16H,3H2,1-2H3,(H2,13,14,15,17);1-2H3. The number of thioether (sulfide) groups is 1. The van der Waals surface area contributed by atoms with Gasteiger partial charge in [0.05, 0.1) is 42.6 Å². The molecule has 5 aromatic rings. The van der Waals surface area contributed by atoms with Gasteiger partial charge in [0.15, 0.2) is 11.7 Å². The zero-order chi connectivity index (χ0) is 49.7. The van der Waals surface area contributed by atoms with Crippen molar-refractivity contribution in [3.63, 3.8) is 0 Å². The first-order valence-electron chi connectivity index (χ1n) is 21.1. The number of methoxy groups -OCH3 is 1. The van der Waals surface area contributed by atoms with Crippen molar-refractivity contribution in [1.29, 1.82) is 0 Å². The van der Waals surface area contributed by atoms with Crippen LogP contribution in [-0.2, 0) is 47.0 Å². The molecule has 0 aliphatic carbocycles. The highest BCUT2D eigenvalue weighted by Gasteiger charge is 2.59. The zero-order valence-electron chi connectivity index (χ0n) is 37.6. The highest BCUT2D eigenvalue weighted by atomic mass is 32.2. The van der Waals surface area contributed by atoms with Crippen molar-refractivity contribution in [2.45, 2.75) is 81.8 Å². The van der Waals surface area contributed by atoms with Crippen LogP contribution >= 0.6 is 11.8 Å². The fourth-order valence-electron chi connectivity index (χ4n) is 6.84. The molecule has 1 amide bonds. The molecule has 1 fully saturated rings. The summed E-state index contributed by atoms with van der Waals surface area (Å²) in [4.78, 5) is 111. The zero-order valence-corrected chi connectivity index (χ0v) is 38.5. The summed E-state index contributed by atoms with van der Waals surface area (Å²) in [6, 6.07) is 12.6. The van der Waals surface area contributed by atoms with Crippen LogP contribution in [0.2, 0.25) is 0 Å². The summed E-state index contributed by atoms with van der Waals surface area (Å²) in [5.41, 5.74) is -2.22. The van der Waals surface area contributed by atoms with E-state index >= 15 is 0 Å². The number of H-pyrrole nitrogens is 3. The minimum Gasteiger partial charge on any atom is -0.482 e. The number of carboxylic acid groups (broad SMARTS) is 2. The molecule has 8 rings (SSSR count). The van der Waals surface area contributed by atoms with Crippen LogP contribution in [0.4, 0.5) is 5.82 Å². The van der Waals surface area contributed by atoms with Gasteiger partial charge in [0.25, 0.3) is 17.0 Å². The molecule has 6 heterocycles. The third-order valence-corrected chi connectivity index (χ3v) is 11.2. The lowest BCUT2D eigenvalue weighted by Crippen LogP contribution is -2.52. The summed E-state index contributed by atoms with van der Waals surface area (Å²) in [6.07, 6.45) is 6.62. The smallest absolute Gasteiger partial charge is 0.353 e. The Morgan fingerprint density at radius 2 is 1.69 bits per heavy atom. The van der Waals surface area contributed by atoms with E-state index in [1.165, 1.54) is 48.6 Å². The Bertz CT molecular complexity index is 2870. The Balaban J connectivity index is 0.000000189. The van der Waals surface area contributed by atoms with E-state index < -0.39 is 58.8 Å². The number of cyclic esters (lactones) is 1. The molecule has 1 saturated heterocycles. The van der Waals surface area contributed by atoms with E-state index in [0.29, 0.717) is 44.9 Å². The van der Waals surface area contributed by atoms with Crippen molar-refractivity contribution < 1.29 is 48.4 Å². The monoisotopic (exact) mass is 958 g/mol. The number of nitrogens with zero attached hydrogens (tertiary/aromatic N) is 4. The third-order valence-electron chi connectivity index (χ3n) is 9.96. The number of para-hydroxylation sites is 1. The van der Waals surface area contributed by atoms with Gasteiger partial charge in [-0.1, -0.05) is 62.9 Å².